The number of urea groups is 1. The lowest BCUT2D eigenvalue weighted by Gasteiger charge is -2.32. The summed E-state index contributed by atoms with van der Waals surface area (Å²) in [6.07, 6.45) is 9.76. The Morgan fingerprint density at radius 1 is 0.962 bits per heavy atom. The Hall–Kier alpha value is -1.63. The summed E-state index contributed by atoms with van der Waals surface area (Å²) in [6, 6.07) is 0.468. The van der Waals surface area contributed by atoms with E-state index in [0.717, 1.165) is 76.5 Å². The van der Waals surface area contributed by atoms with Gasteiger partial charge in [-0.1, -0.05) is 24.4 Å². The first kappa shape index (κ1) is 17.8. The summed E-state index contributed by atoms with van der Waals surface area (Å²) in [5.41, 5.74) is 0. The van der Waals surface area contributed by atoms with Gasteiger partial charge >= 0.3 is 6.03 Å². The van der Waals surface area contributed by atoms with Gasteiger partial charge in [0.25, 0.3) is 0 Å². The predicted octanol–water partition coefficient (Wildman–Crippen LogP) is 3.19. The maximum absolute atomic E-state index is 12.5. The highest BCUT2D eigenvalue weighted by atomic mass is 16.5. The second-order valence-electron chi connectivity index (χ2n) is 7.92. The smallest absolute Gasteiger partial charge is 0.317 e. The first-order valence-corrected chi connectivity index (χ1v) is 10.3. The fourth-order valence-electron chi connectivity index (χ4n) is 4.38. The number of carbonyl (C=O) groups excluding carboxylic acids is 1. The van der Waals surface area contributed by atoms with Crippen LogP contribution in [0.25, 0.3) is 0 Å². The lowest BCUT2D eigenvalue weighted by atomic mass is 9.95. The van der Waals surface area contributed by atoms with Crippen LogP contribution in [-0.2, 0) is 4.74 Å². The van der Waals surface area contributed by atoms with E-state index in [4.69, 9.17) is 9.26 Å². The normalized spacial score (nSPS) is 23.9. The van der Waals surface area contributed by atoms with Gasteiger partial charge in [0.05, 0.1) is 0 Å². The molecular weight excluding hydrogens is 332 g/mol. The number of hydrogen-bond donors (Lipinski definition) is 1. The van der Waals surface area contributed by atoms with Crippen molar-refractivity contribution in [3.8, 4) is 0 Å². The average Bonchev–Trinajstić information content (AvgIpc) is 3.20. The van der Waals surface area contributed by atoms with E-state index in [1.54, 1.807) is 0 Å². The molecule has 0 aromatic carbocycles. The van der Waals surface area contributed by atoms with Gasteiger partial charge in [-0.05, 0) is 38.5 Å². The molecule has 1 saturated carbocycles. The molecule has 2 aliphatic heterocycles. The molecule has 4 rings (SSSR count). The molecule has 7 heteroatoms. The van der Waals surface area contributed by atoms with Crippen molar-refractivity contribution in [2.45, 2.75) is 75.7 Å². The van der Waals surface area contributed by atoms with Crippen LogP contribution in [0.4, 0.5) is 4.79 Å². The monoisotopic (exact) mass is 362 g/mol. The second-order valence-corrected chi connectivity index (χ2v) is 7.92. The summed E-state index contributed by atoms with van der Waals surface area (Å²) in [4.78, 5) is 19.1. The maximum Gasteiger partial charge on any atom is 0.317 e. The summed E-state index contributed by atoms with van der Waals surface area (Å²) < 4.78 is 11.0. The molecule has 3 fully saturated rings. The van der Waals surface area contributed by atoms with E-state index in [2.05, 4.69) is 15.5 Å². The number of ether oxygens (including phenoxy) is 1. The van der Waals surface area contributed by atoms with E-state index in [-0.39, 0.29) is 11.9 Å². The van der Waals surface area contributed by atoms with Gasteiger partial charge in [0, 0.05) is 44.2 Å². The van der Waals surface area contributed by atoms with Crippen LogP contribution in [0.15, 0.2) is 4.52 Å². The SMILES string of the molecule is O=C(NC1CCCCC1)N1CCC(c2nc(C3CCOCC3)no2)CC1. The topological polar surface area (TPSA) is 80.5 Å². The Morgan fingerprint density at radius 2 is 1.69 bits per heavy atom. The van der Waals surface area contributed by atoms with Gasteiger partial charge in [0.15, 0.2) is 5.82 Å². The summed E-state index contributed by atoms with van der Waals surface area (Å²) in [5, 5.41) is 7.43. The molecule has 3 aliphatic rings. The van der Waals surface area contributed by atoms with Crippen molar-refractivity contribution >= 4 is 6.03 Å². The molecule has 1 N–H and O–H groups in total. The molecule has 2 saturated heterocycles. The molecule has 1 aliphatic carbocycles. The van der Waals surface area contributed by atoms with Gasteiger partial charge in [-0.3, -0.25) is 0 Å². The molecule has 26 heavy (non-hydrogen) atoms. The number of aromatic nitrogens is 2. The minimum absolute atomic E-state index is 0.101. The van der Waals surface area contributed by atoms with Crippen LogP contribution >= 0.6 is 0 Å². The van der Waals surface area contributed by atoms with Crippen molar-refractivity contribution in [2.75, 3.05) is 26.3 Å². The molecule has 2 amide bonds. The molecule has 7 nitrogen and oxygen atoms in total. The molecule has 0 spiro atoms. The molecule has 144 valence electrons. The molecule has 1 aromatic rings. The van der Waals surface area contributed by atoms with Crippen molar-refractivity contribution in [3.05, 3.63) is 11.7 Å². The molecule has 1 aromatic heterocycles. The Morgan fingerprint density at radius 3 is 2.42 bits per heavy atom. The third-order valence-corrected chi connectivity index (χ3v) is 6.11. The lowest BCUT2D eigenvalue weighted by molar-refractivity contribution is 0.0830. The standard InChI is InChI=1S/C19H30N4O3/c24-19(20-16-4-2-1-3-5-16)23-10-6-15(7-11-23)18-21-17(22-26-18)14-8-12-25-13-9-14/h14-16H,1-13H2,(H,20,24). The minimum atomic E-state index is 0.101. The number of likely N-dealkylation sites (tertiary alicyclic amines) is 1. The van der Waals surface area contributed by atoms with Crippen LogP contribution in [0.1, 0.15) is 81.3 Å². The Labute approximate surface area is 154 Å². The highest BCUT2D eigenvalue weighted by Crippen LogP contribution is 2.30. The van der Waals surface area contributed by atoms with E-state index < -0.39 is 0 Å². The maximum atomic E-state index is 12.5. The third-order valence-electron chi connectivity index (χ3n) is 6.11. The first-order valence-electron chi connectivity index (χ1n) is 10.3. The number of rotatable bonds is 3. The van der Waals surface area contributed by atoms with Gasteiger partial charge in [0.1, 0.15) is 0 Å². The number of nitrogens with zero attached hydrogens (tertiary/aromatic N) is 3. The lowest BCUT2D eigenvalue weighted by Crippen LogP contribution is -2.48. The quantitative estimate of drug-likeness (QED) is 0.893. The predicted molar refractivity (Wildman–Crippen MR) is 96.0 cm³/mol. The van der Waals surface area contributed by atoms with Crippen LogP contribution < -0.4 is 5.32 Å². The number of hydrogen-bond acceptors (Lipinski definition) is 5. The molecule has 0 atom stereocenters. The van der Waals surface area contributed by atoms with Crippen molar-refractivity contribution in [1.29, 1.82) is 0 Å². The van der Waals surface area contributed by atoms with Gasteiger partial charge in [-0.2, -0.15) is 4.98 Å². The van der Waals surface area contributed by atoms with E-state index in [1.165, 1.54) is 19.3 Å². The zero-order valence-corrected chi connectivity index (χ0v) is 15.5. The van der Waals surface area contributed by atoms with E-state index in [0.29, 0.717) is 12.0 Å². The van der Waals surface area contributed by atoms with Crippen molar-refractivity contribution < 1.29 is 14.1 Å². The van der Waals surface area contributed by atoms with Crippen molar-refractivity contribution in [1.82, 2.24) is 20.4 Å². The van der Waals surface area contributed by atoms with Crippen molar-refractivity contribution in [3.63, 3.8) is 0 Å². The molecule has 0 radical (unpaired) electrons. The summed E-state index contributed by atoms with van der Waals surface area (Å²) >= 11 is 0. The van der Waals surface area contributed by atoms with Crippen LogP contribution in [0.3, 0.4) is 0 Å². The van der Waals surface area contributed by atoms with Gasteiger partial charge in [-0.25, -0.2) is 4.79 Å². The number of carbonyl (C=O) groups is 1. The summed E-state index contributed by atoms with van der Waals surface area (Å²) in [7, 11) is 0. The fourth-order valence-corrected chi connectivity index (χ4v) is 4.38. The van der Waals surface area contributed by atoms with Crippen LogP contribution in [0.5, 0.6) is 0 Å². The van der Waals surface area contributed by atoms with Crippen LogP contribution in [0.2, 0.25) is 0 Å². The highest BCUT2D eigenvalue weighted by molar-refractivity contribution is 5.74. The van der Waals surface area contributed by atoms with E-state index >= 15 is 0 Å². The summed E-state index contributed by atoms with van der Waals surface area (Å²) in [6.45, 7) is 3.09. The largest absolute Gasteiger partial charge is 0.381 e. The summed E-state index contributed by atoms with van der Waals surface area (Å²) in [5.74, 6) is 2.22. The fraction of sp³-hybridized carbons (Fsp3) is 0.842. The van der Waals surface area contributed by atoms with E-state index in [9.17, 15) is 4.79 Å². The number of piperidine rings is 1. The Balaban J connectivity index is 1.26. The van der Waals surface area contributed by atoms with Crippen LogP contribution in [-0.4, -0.2) is 53.4 Å². The molecule has 3 heterocycles. The minimum Gasteiger partial charge on any atom is -0.381 e. The zero-order valence-electron chi connectivity index (χ0n) is 15.5. The number of nitrogens with one attached hydrogen (secondary N) is 1. The Bertz CT molecular complexity index is 585. The van der Waals surface area contributed by atoms with Gasteiger partial charge in [0.2, 0.25) is 5.89 Å². The second kappa shape index (κ2) is 8.37. The molecule has 0 unspecified atom stereocenters. The first-order chi connectivity index (χ1) is 12.8. The molecule has 0 bridgehead atoms. The average molecular weight is 362 g/mol. The zero-order chi connectivity index (χ0) is 17.8. The highest BCUT2D eigenvalue weighted by Gasteiger charge is 2.30. The van der Waals surface area contributed by atoms with Gasteiger partial charge in [-0.15, -0.1) is 0 Å². The Kier molecular flexibility index (Phi) is 5.72. The van der Waals surface area contributed by atoms with Crippen molar-refractivity contribution in [2.24, 2.45) is 0 Å². The van der Waals surface area contributed by atoms with Gasteiger partial charge < -0.3 is 19.5 Å². The number of amides is 2. The van der Waals surface area contributed by atoms with Crippen LogP contribution in [0, 0.1) is 0 Å². The van der Waals surface area contributed by atoms with E-state index in [1.807, 2.05) is 4.90 Å². The molecular formula is C19H30N4O3. The third kappa shape index (κ3) is 4.19.